The first-order chi connectivity index (χ1) is 15.4. The van der Waals surface area contributed by atoms with Crippen LogP contribution >= 0.6 is 0 Å². The third-order valence-electron chi connectivity index (χ3n) is 5.39. The predicted octanol–water partition coefficient (Wildman–Crippen LogP) is 5.24. The van der Waals surface area contributed by atoms with Crippen molar-refractivity contribution >= 4 is 28.8 Å². The number of imide groups is 1. The van der Waals surface area contributed by atoms with Crippen molar-refractivity contribution in [1.29, 1.82) is 0 Å². The maximum Gasteiger partial charge on any atom is 0.282 e. The first-order valence-corrected chi connectivity index (χ1v) is 10.4. The highest BCUT2D eigenvalue weighted by Gasteiger charge is 2.41. The molecule has 0 saturated carbocycles. The number of nitrogens with one attached hydrogen (secondary N) is 1. The van der Waals surface area contributed by atoms with Gasteiger partial charge in [-0.2, -0.15) is 0 Å². The van der Waals surface area contributed by atoms with Crippen LogP contribution in [0.2, 0.25) is 0 Å². The molecule has 0 bridgehead atoms. The SMILES string of the molecule is CCOc1cccc(NC2=C(c3ccc(C)c(C)c3)C(=O)N(c3ccccc3F)C2=O)c1. The van der Waals surface area contributed by atoms with Crippen LogP contribution in [-0.4, -0.2) is 18.4 Å². The lowest BCUT2D eigenvalue weighted by molar-refractivity contribution is -0.120. The Morgan fingerprint density at radius 2 is 1.69 bits per heavy atom. The Hall–Kier alpha value is -3.93. The zero-order valence-corrected chi connectivity index (χ0v) is 18.1. The fourth-order valence-electron chi connectivity index (χ4n) is 3.64. The second-order valence-corrected chi connectivity index (χ2v) is 7.53. The van der Waals surface area contributed by atoms with Crippen molar-refractivity contribution < 1.29 is 18.7 Å². The average Bonchev–Trinajstić information content (AvgIpc) is 3.01. The Morgan fingerprint density at radius 3 is 2.41 bits per heavy atom. The molecule has 3 aromatic rings. The van der Waals surface area contributed by atoms with E-state index in [2.05, 4.69) is 5.32 Å². The lowest BCUT2D eigenvalue weighted by Gasteiger charge is -2.16. The number of amides is 2. The van der Waals surface area contributed by atoms with Crippen LogP contribution in [0.4, 0.5) is 15.8 Å². The Bertz CT molecular complexity index is 1250. The van der Waals surface area contributed by atoms with Gasteiger partial charge >= 0.3 is 0 Å². The molecular weight excluding hydrogens is 407 g/mol. The summed E-state index contributed by atoms with van der Waals surface area (Å²) in [5.41, 5.74) is 3.44. The van der Waals surface area contributed by atoms with E-state index in [-0.39, 0.29) is 17.0 Å². The molecule has 0 saturated heterocycles. The molecule has 0 aromatic heterocycles. The third kappa shape index (κ3) is 3.87. The zero-order chi connectivity index (χ0) is 22.8. The van der Waals surface area contributed by atoms with Crippen molar-refractivity contribution in [3.05, 3.63) is 94.9 Å². The summed E-state index contributed by atoms with van der Waals surface area (Å²) < 4.78 is 20.1. The Kier molecular flexibility index (Phi) is 5.77. The van der Waals surface area contributed by atoms with Crippen molar-refractivity contribution in [2.24, 2.45) is 0 Å². The third-order valence-corrected chi connectivity index (χ3v) is 5.39. The minimum absolute atomic E-state index is 0.0799. The van der Waals surface area contributed by atoms with E-state index in [9.17, 15) is 14.0 Å². The summed E-state index contributed by atoms with van der Waals surface area (Å²) in [6.07, 6.45) is 0. The van der Waals surface area contributed by atoms with Gasteiger partial charge in [-0.1, -0.05) is 36.4 Å². The van der Waals surface area contributed by atoms with Gasteiger partial charge in [-0.05, 0) is 61.7 Å². The Labute approximate surface area is 186 Å². The highest BCUT2D eigenvalue weighted by molar-refractivity contribution is 6.46. The summed E-state index contributed by atoms with van der Waals surface area (Å²) >= 11 is 0. The molecule has 0 spiro atoms. The molecule has 6 heteroatoms. The Balaban J connectivity index is 1.84. The standard InChI is InChI=1S/C26H23FN2O3/c1-4-32-20-9-7-8-19(15-20)28-24-23(18-13-12-16(2)17(3)14-18)25(30)29(26(24)31)22-11-6-5-10-21(22)27/h5-15,28H,4H2,1-3H3. The number of aryl methyl sites for hydroxylation is 2. The first-order valence-electron chi connectivity index (χ1n) is 10.4. The predicted molar refractivity (Wildman–Crippen MR) is 123 cm³/mol. The van der Waals surface area contributed by atoms with E-state index in [1.54, 1.807) is 36.4 Å². The molecule has 1 aliphatic heterocycles. The van der Waals surface area contributed by atoms with E-state index in [1.165, 1.54) is 18.2 Å². The number of para-hydroxylation sites is 1. The zero-order valence-electron chi connectivity index (χ0n) is 18.1. The number of benzene rings is 3. The molecule has 32 heavy (non-hydrogen) atoms. The number of anilines is 2. The van der Waals surface area contributed by atoms with E-state index in [1.807, 2.05) is 32.9 Å². The number of carbonyl (C=O) groups is 2. The quantitative estimate of drug-likeness (QED) is 0.544. The van der Waals surface area contributed by atoms with Crippen LogP contribution in [-0.2, 0) is 9.59 Å². The molecular formula is C26H23FN2O3. The topological polar surface area (TPSA) is 58.6 Å². The number of rotatable bonds is 6. The van der Waals surface area contributed by atoms with Crippen molar-refractivity contribution in [3.8, 4) is 5.75 Å². The minimum atomic E-state index is -0.645. The average molecular weight is 430 g/mol. The van der Waals surface area contributed by atoms with Gasteiger partial charge in [0.05, 0.1) is 17.9 Å². The summed E-state index contributed by atoms with van der Waals surface area (Å²) in [6.45, 7) is 6.29. The number of halogens is 1. The second-order valence-electron chi connectivity index (χ2n) is 7.53. The lowest BCUT2D eigenvalue weighted by Crippen LogP contribution is -2.33. The van der Waals surface area contributed by atoms with Gasteiger partial charge in [-0.25, -0.2) is 9.29 Å². The van der Waals surface area contributed by atoms with Crippen molar-refractivity contribution in [1.82, 2.24) is 0 Å². The van der Waals surface area contributed by atoms with Crippen molar-refractivity contribution in [2.75, 3.05) is 16.8 Å². The number of hydrogen-bond donors (Lipinski definition) is 1. The van der Waals surface area contributed by atoms with Crippen LogP contribution in [0.3, 0.4) is 0 Å². The Morgan fingerprint density at radius 1 is 0.906 bits per heavy atom. The van der Waals surface area contributed by atoms with Gasteiger partial charge < -0.3 is 10.1 Å². The fourth-order valence-corrected chi connectivity index (χ4v) is 3.64. The smallest absolute Gasteiger partial charge is 0.282 e. The largest absolute Gasteiger partial charge is 0.494 e. The molecule has 0 aliphatic carbocycles. The molecule has 162 valence electrons. The van der Waals surface area contributed by atoms with Gasteiger partial charge in [0, 0.05) is 11.8 Å². The highest BCUT2D eigenvalue weighted by atomic mass is 19.1. The number of nitrogens with zero attached hydrogens (tertiary/aromatic N) is 1. The molecule has 3 aromatic carbocycles. The summed E-state index contributed by atoms with van der Waals surface area (Å²) in [7, 11) is 0. The molecule has 2 amide bonds. The molecule has 0 radical (unpaired) electrons. The van der Waals surface area contributed by atoms with Gasteiger partial charge in [0.2, 0.25) is 0 Å². The lowest BCUT2D eigenvalue weighted by atomic mass is 9.99. The van der Waals surface area contributed by atoms with E-state index >= 15 is 0 Å². The van der Waals surface area contributed by atoms with Gasteiger partial charge in [0.25, 0.3) is 11.8 Å². The van der Waals surface area contributed by atoms with E-state index in [4.69, 9.17) is 4.74 Å². The monoisotopic (exact) mass is 430 g/mol. The van der Waals surface area contributed by atoms with Gasteiger partial charge in [0.1, 0.15) is 17.3 Å². The molecule has 1 heterocycles. The van der Waals surface area contributed by atoms with E-state index in [0.29, 0.717) is 23.6 Å². The van der Waals surface area contributed by atoms with Gasteiger partial charge in [-0.3, -0.25) is 9.59 Å². The maximum atomic E-state index is 14.5. The highest BCUT2D eigenvalue weighted by Crippen LogP contribution is 2.35. The van der Waals surface area contributed by atoms with Crippen LogP contribution in [0.1, 0.15) is 23.6 Å². The summed E-state index contributed by atoms with van der Waals surface area (Å²) in [4.78, 5) is 27.7. The molecule has 1 N–H and O–H groups in total. The van der Waals surface area contributed by atoms with Crippen LogP contribution < -0.4 is 15.0 Å². The van der Waals surface area contributed by atoms with Crippen LogP contribution in [0, 0.1) is 19.7 Å². The van der Waals surface area contributed by atoms with Crippen LogP contribution in [0.5, 0.6) is 5.75 Å². The number of ether oxygens (including phenoxy) is 1. The fraction of sp³-hybridized carbons (Fsp3) is 0.154. The normalized spacial score (nSPS) is 13.7. The molecule has 1 aliphatic rings. The molecule has 5 nitrogen and oxygen atoms in total. The van der Waals surface area contributed by atoms with E-state index < -0.39 is 17.6 Å². The first kappa shape index (κ1) is 21.3. The van der Waals surface area contributed by atoms with Crippen LogP contribution in [0.25, 0.3) is 5.57 Å². The maximum absolute atomic E-state index is 14.5. The molecule has 0 atom stereocenters. The molecule has 0 fully saturated rings. The summed E-state index contributed by atoms with van der Waals surface area (Å²) in [5, 5.41) is 3.09. The van der Waals surface area contributed by atoms with Crippen LogP contribution in [0.15, 0.2) is 72.4 Å². The van der Waals surface area contributed by atoms with Gasteiger partial charge in [-0.15, -0.1) is 0 Å². The second kappa shape index (κ2) is 8.67. The van der Waals surface area contributed by atoms with Gasteiger partial charge in [0.15, 0.2) is 0 Å². The van der Waals surface area contributed by atoms with Crippen molar-refractivity contribution in [3.63, 3.8) is 0 Å². The summed E-state index contributed by atoms with van der Waals surface area (Å²) in [6, 6.07) is 18.4. The molecule has 0 unspecified atom stereocenters. The summed E-state index contributed by atoms with van der Waals surface area (Å²) in [5.74, 6) is -1.20. The number of hydrogen-bond acceptors (Lipinski definition) is 4. The number of carbonyl (C=O) groups excluding carboxylic acids is 2. The van der Waals surface area contributed by atoms with E-state index in [0.717, 1.165) is 16.0 Å². The molecule has 4 rings (SSSR count). The minimum Gasteiger partial charge on any atom is -0.494 e. The van der Waals surface area contributed by atoms with Crippen molar-refractivity contribution in [2.45, 2.75) is 20.8 Å².